The van der Waals surface area contributed by atoms with Crippen LogP contribution in [0.15, 0.2) is 53.1 Å². The molecule has 0 aliphatic carbocycles. The molecule has 1 fully saturated rings. The Bertz CT molecular complexity index is 1020. The van der Waals surface area contributed by atoms with Crippen LogP contribution in [0.1, 0.15) is 5.89 Å². The zero-order chi connectivity index (χ0) is 21.6. The first kappa shape index (κ1) is 21.5. The van der Waals surface area contributed by atoms with Crippen LogP contribution in [0.3, 0.4) is 0 Å². The van der Waals surface area contributed by atoms with E-state index in [-0.39, 0.29) is 5.91 Å². The Morgan fingerprint density at radius 3 is 2.65 bits per heavy atom. The average molecular weight is 459 g/mol. The molecule has 0 radical (unpaired) electrons. The van der Waals surface area contributed by atoms with Crippen LogP contribution < -0.4 is 9.64 Å². The monoisotopic (exact) mass is 458 g/mol. The molecule has 4 rings (SSSR count). The smallest absolute Gasteiger partial charge is 0.236 e. The number of rotatable bonds is 7. The number of carbonyl (C=O) groups is 1. The predicted octanol–water partition coefficient (Wildman–Crippen LogP) is 3.98. The summed E-state index contributed by atoms with van der Waals surface area (Å²) in [6, 6.07) is 15.3. The van der Waals surface area contributed by atoms with Crippen LogP contribution in [0.5, 0.6) is 5.75 Å². The second kappa shape index (κ2) is 10.1. The number of carbonyl (C=O) groups excluding carboxylic acids is 1. The molecule has 2 aromatic carbocycles. The summed E-state index contributed by atoms with van der Waals surface area (Å²) in [5.41, 5.74) is 1.95. The second-order valence-corrected chi connectivity index (χ2v) is 8.50. The Labute approximate surface area is 190 Å². The number of halogens is 1. The van der Waals surface area contributed by atoms with Gasteiger partial charge in [0.15, 0.2) is 0 Å². The molecule has 0 unspecified atom stereocenters. The Balaban J connectivity index is 1.22. The second-order valence-electron chi connectivity index (χ2n) is 7.08. The van der Waals surface area contributed by atoms with Crippen molar-refractivity contribution in [1.82, 2.24) is 15.0 Å². The molecule has 9 heteroatoms. The van der Waals surface area contributed by atoms with Crippen LogP contribution in [0, 0.1) is 0 Å². The number of anilines is 1. The topological polar surface area (TPSA) is 71.7 Å². The molecular formula is C22H23ClN4O3S. The Morgan fingerprint density at radius 1 is 1.16 bits per heavy atom. The van der Waals surface area contributed by atoms with Crippen molar-refractivity contribution >= 4 is 35.0 Å². The fourth-order valence-electron chi connectivity index (χ4n) is 3.37. The van der Waals surface area contributed by atoms with Crippen LogP contribution >= 0.6 is 23.4 Å². The molecule has 1 aliphatic rings. The maximum absolute atomic E-state index is 12.6. The molecule has 31 heavy (non-hydrogen) atoms. The molecule has 0 N–H and O–H groups in total. The van der Waals surface area contributed by atoms with E-state index in [0.717, 1.165) is 35.1 Å². The SMILES string of the molecule is COc1ccc(-c2noc(CSCC(=O)N3CCN(c4cccc(Cl)c4)CC3)n2)cc1. The minimum Gasteiger partial charge on any atom is -0.497 e. The van der Waals surface area contributed by atoms with Gasteiger partial charge in [0.2, 0.25) is 17.6 Å². The summed E-state index contributed by atoms with van der Waals surface area (Å²) in [5, 5.41) is 4.75. The molecule has 1 saturated heterocycles. The predicted molar refractivity (Wildman–Crippen MR) is 123 cm³/mol. The maximum atomic E-state index is 12.6. The van der Waals surface area contributed by atoms with Crippen molar-refractivity contribution < 1.29 is 14.1 Å². The Morgan fingerprint density at radius 2 is 1.94 bits per heavy atom. The van der Waals surface area contributed by atoms with Gasteiger partial charge in [0, 0.05) is 42.5 Å². The van der Waals surface area contributed by atoms with Crippen molar-refractivity contribution in [3.8, 4) is 17.1 Å². The lowest BCUT2D eigenvalue weighted by molar-refractivity contribution is -0.128. The van der Waals surface area contributed by atoms with Gasteiger partial charge in [-0.1, -0.05) is 22.8 Å². The number of hydrogen-bond donors (Lipinski definition) is 0. The van der Waals surface area contributed by atoms with Crippen molar-refractivity contribution in [2.45, 2.75) is 5.75 Å². The van der Waals surface area contributed by atoms with E-state index in [1.165, 1.54) is 11.8 Å². The molecule has 2 heterocycles. The van der Waals surface area contributed by atoms with E-state index in [1.54, 1.807) is 7.11 Å². The first-order valence-corrected chi connectivity index (χ1v) is 11.5. The third-order valence-corrected chi connectivity index (χ3v) is 6.21. The van der Waals surface area contributed by atoms with Gasteiger partial charge < -0.3 is 19.1 Å². The zero-order valence-corrected chi connectivity index (χ0v) is 18.7. The lowest BCUT2D eigenvalue weighted by Gasteiger charge is -2.36. The highest BCUT2D eigenvalue weighted by Crippen LogP contribution is 2.23. The van der Waals surface area contributed by atoms with Gasteiger partial charge in [-0.2, -0.15) is 4.98 Å². The number of piperazine rings is 1. The van der Waals surface area contributed by atoms with Crippen molar-refractivity contribution in [1.29, 1.82) is 0 Å². The summed E-state index contributed by atoms with van der Waals surface area (Å²) >= 11 is 7.57. The quantitative estimate of drug-likeness (QED) is 0.530. The molecule has 1 aliphatic heterocycles. The van der Waals surface area contributed by atoms with Crippen LogP contribution in [-0.2, 0) is 10.5 Å². The fourth-order valence-corrected chi connectivity index (χ4v) is 4.31. The number of benzene rings is 2. The van der Waals surface area contributed by atoms with Crippen LogP contribution in [0.25, 0.3) is 11.4 Å². The van der Waals surface area contributed by atoms with Gasteiger partial charge in [-0.25, -0.2) is 0 Å². The normalized spacial score (nSPS) is 14.0. The van der Waals surface area contributed by atoms with Crippen molar-refractivity contribution in [2.75, 3.05) is 43.9 Å². The lowest BCUT2D eigenvalue weighted by Crippen LogP contribution is -2.49. The summed E-state index contributed by atoms with van der Waals surface area (Å²) in [6.07, 6.45) is 0. The molecule has 0 spiro atoms. The van der Waals surface area contributed by atoms with Crippen molar-refractivity contribution in [3.05, 3.63) is 59.4 Å². The summed E-state index contributed by atoms with van der Waals surface area (Å²) in [6.45, 7) is 3.00. The third kappa shape index (κ3) is 5.51. The van der Waals surface area contributed by atoms with Gasteiger partial charge in [0.05, 0.1) is 18.6 Å². The van der Waals surface area contributed by atoms with Gasteiger partial charge >= 0.3 is 0 Å². The van der Waals surface area contributed by atoms with E-state index in [4.69, 9.17) is 20.9 Å². The standard InChI is InChI=1S/C22H23ClN4O3S/c1-29-19-7-5-16(6-8-19)22-24-20(30-25-22)14-31-15-21(28)27-11-9-26(10-12-27)18-4-2-3-17(23)13-18/h2-8,13H,9-12,14-15H2,1H3. The number of amides is 1. The summed E-state index contributed by atoms with van der Waals surface area (Å²) in [5.74, 6) is 2.83. The first-order valence-electron chi connectivity index (χ1n) is 9.95. The summed E-state index contributed by atoms with van der Waals surface area (Å²) < 4.78 is 10.5. The Kier molecular flexibility index (Phi) is 6.99. The molecule has 0 bridgehead atoms. The van der Waals surface area contributed by atoms with Crippen LogP contribution in [0.2, 0.25) is 5.02 Å². The number of ether oxygens (including phenoxy) is 1. The molecule has 1 aromatic heterocycles. The molecule has 162 valence electrons. The highest BCUT2D eigenvalue weighted by atomic mass is 35.5. The highest BCUT2D eigenvalue weighted by Gasteiger charge is 2.21. The molecule has 0 atom stereocenters. The summed E-state index contributed by atoms with van der Waals surface area (Å²) in [7, 11) is 1.62. The van der Waals surface area contributed by atoms with E-state index in [1.807, 2.05) is 53.4 Å². The third-order valence-electron chi connectivity index (χ3n) is 5.07. The number of thioether (sulfide) groups is 1. The number of nitrogens with zero attached hydrogens (tertiary/aromatic N) is 4. The zero-order valence-electron chi connectivity index (χ0n) is 17.2. The van der Waals surface area contributed by atoms with E-state index < -0.39 is 0 Å². The summed E-state index contributed by atoms with van der Waals surface area (Å²) in [4.78, 5) is 21.1. The fraction of sp³-hybridized carbons (Fsp3) is 0.318. The highest BCUT2D eigenvalue weighted by molar-refractivity contribution is 7.99. The maximum Gasteiger partial charge on any atom is 0.236 e. The van der Waals surface area contributed by atoms with E-state index in [0.29, 0.717) is 36.3 Å². The molecular weight excluding hydrogens is 436 g/mol. The number of aromatic nitrogens is 2. The van der Waals surface area contributed by atoms with Gasteiger partial charge in [0.25, 0.3) is 0 Å². The largest absolute Gasteiger partial charge is 0.497 e. The van der Waals surface area contributed by atoms with Crippen LogP contribution in [0.4, 0.5) is 5.69 Å². The molecule has 0 saturated carbocycles. The van der Waals surface area contributed by atoms with E-state index >= 15 is 0 Å². The van der Waals surface area contributed by atoms with Gasteiger partial charge in [-0.3, -0.25) is 4.79 Å². The Hall–Kier alpha value is -2.71. The van der Waals surface area contributed by atoms with Crippen LogP contribution in [-0.4, -0.2) is 60.0 Å². The van der Waals surface area contributed by atoms with E-state index in [2.05, 4.69) is 15.0 Å². The van der Waals surface area contributed by atoms with E-state index in [9.17, 15) is 4.79 Å². The minimum atomic E-state index is 0.130. The molecule has 1 amide bonds. The van der Waals surface area contributed by atoms with Gasteiger partial charge in [-0.15, -0.1) is 11.8 Å². The number of hydrogen-bond acceptors (Lipinski definition) is 7. The van der Waals surface area contributed by atoms with Gasteiger partial charge in [-0.05, 0) is 42.5 Å². The first-order chi connectivity index (χ1) is 15.1. The van der Waals surface area contributed by atoms with Gasteiger partial charge in [0.1, 0.15) is 5.75 Å². The average Bonchev–Trinajstić information content (AvgIpc) is 3.28. The van der Waals surface area contributed by atoms with Crippen molar-refractivity contribution in [3.63, 3.8) is 0 Å². The molecule has 3 aromatic rings. The molecule has 7 nitrogen and oxygen atoms in total. The minimum absolute atomic E-state index is 0.130. The van der Waals surface area contributed by atoms with Crippen molar-refractivity contribution in [2.24, 2.45) is 0 Å². The number of methoxy groups -OCH3 is 1. The lowest BCUT2D eigenvalue weighted by atomic mass is 10.2.